The number of carbonyl (C=O) groups excluding carboxylic acids is 2. The molecule has 23 heavy (non-hydrogen) atoms. The van der Waals surface area contributed by atoms with Crippen molar-refractivity contribution in [3.8, 4) is 0 Å². The molecular weight excluding hydrogens is 337 g/mol. The summed E-state index contributed by atoms with van der Waals surface area (Å²) in [6.45, 7) is 4.90. The van der Waals surface area contributed by atoms with Gasteiger partial charge in [0.15, 0.2) is 0 Å². The Balaban J connectivity index is 2.74. The molecule has 1 rings (SSSR count). The molecule has 1 unspecified atom stereocenters. The van der Waals surface area contributed by atoms with E-state index in [0.717, 1.165) is 6.42 Å². The van der Waals surface area contributed by atoms with E-state index in [1.165, 1.54) is 0 Å². The Morgan fingerprint density at radius 3 is 2.61 bits per heavy atom. The second kappa shape index (κ2) is 9.75. The van der Waals surface area contributed by atoms with Crippen LogP contribution in [0.1, 0.15) is 20.3 Å². The lowest BCUT2D eigenvalue weighted by molar-refractivity contribution is -0.137. The summed E-state index contributed by atoms with van der Waals surface area (Å²) in [7, 11) is 1.79. The third-order valence-corrected chi connectivity index (χ3v) is 3.84. The molecule has 0 aliphatic rings. The number of nitrogens with zero attached hydrogens (tertiary/aromatic N) is 1. The number of hydrogen-bond acceptors (Lipinski definition) is 3. The summed E-state index contributed by atoms with van der Waals surface area (Å²) in [5.74, 6) is -0.532. The smallest absolute Gasteiger partial charge is 0.244 e. The van der Waals surface area contributed by atoms with E-state index >= 15 is 0 Å². The number of amides is 2. The van der Waals surface area contributed by atoms with Crippen molar-refractivity contribution in [3.63, 3.8) is 0 Å². The van der Waals surface area contributed by atoms with Crippen LogP contribution in [0.3, 0.4) is 0 Å². The van der Waals surface area contributed by atoms with Gasteiger partial charge in [-0.25, -0.2) is 0 Å². The normalized spacial score (nSPS) is 11.9. The van der Waals surface area contributed by atoms with Crippen LogP contribution in [-0.4, -0.2) is 43.4 Å². The van der Waals surface area contributed by atoms with Crippen molar-refractivity contribution < 1.29 is 9.59 Å². The van der Waals surface area contributed by atoms with Crippen LogP contribution in [0, 0.1) is 5.92 Å². The fourth-order valence-corrected chi connectivity index (χ4v) is 2.54. The molecule has 0 bridgehead atoms. The largest absolute Gasteiger partial charge is 0.333 e. The van der Waals surface area contributed by atoms with Crippen molar-refractivity contribution >= 4 is 40.7 Å². The highest BCUT2D eigenvalue weighted by atomic mass is 35.5. The van der Waals surface area contributed by atoms with Crippen LogP contribution < -0.4 is 10.6 Å². The number of halogens is 2. The van der Waals surface area contributed by atoms with Crippen LogP contribution >= 0.6 is 23.2 Å². The molecule has 0 spiro atoms. The molecule has 0 saturated carbocycles. The SMILES string of the molecule is CCCN(CC(=O)Nc1cc(Cl)ccc1Cl)C(=O)C(C)CNC. The fraction of sp³-hybridized carbons (Fsp3) is 0.500. The summed E-state index contributed by atoms with van der Waals surface area (Å²) in [4.78, 5) is 26.2. The second-order valence-electron chi connectivity index (χ2n) is 5.39. The number of carbonyl (C=O) groups is 2. The monoisotopic (exact) mass is 359 g/mol. The Morgan fingerprint density at radius 2 is 2.00 bits per heavy atom. The molecule has 2 N–H and O–H groups in total. The molecule has 5 nitrogen and oxygen atoms in total. The summed E-state index contributed by atoms with van der Waals surface area (Å²) in [5.41, 5.74) is 0.441. The van der Waals surface area contributed by atoms with Gasteiger partial charge in [0.2, 0.25) is 11.8 Å². The molecule has 0 radical (unpaired) electrons. The van der Waals surface area contributed by atoms with Gasteiger partial charge in [-0.3, -0.25) is 9.59 Å². The van der Waals surface area contributed by atoms with Gasteiger partial charge in [0.1, 0.15) is 0 Å². The number of anilines is 1. The zero-order valence-electron chi connectivity index (χ0n) is 13.7. The van der Waals surface area contributed by atoms with Gasteiger partial charge in [-0.05, 0) is 31.7 Å². The van der Waals surface area contributed by atoms with Gasteiger partial charge in [0.05, 0.1) is 17.3 Å². The Bertz CT molecular complexity index is 552. The lowest BCUT2D eigenvalue weighted by Crippen LogP contribution is -2.43. The number of hydrogen-bond donors (Lipinski definition) is 2. The molecular formula is C16H23Cl2N3O2. The van der Waals surface area contributed by atoms with Crippen LogP contribution in [0.4, 0.5) is 5.69 Å². The highest BCUT2D eigenvalue weighted by molar-refractivity contribution is 6.35. The maximum absolute atomic E-state index is 12.4. The van der Waals surface area contributed by atoms with Gasteiger partial charge < -0.3 is 15.5 Å². The lowest BCUT2D eigenvalue weighted by atomic mass is 10.1. The van der Waals surface area contributed by atoms with Crippen molar-refractivity contribution in [1.82, 2.24) is 10.2 Å². The molecule has 0 heterocycles. The van der Waals surface area contributed by atoms with Crippen molar-refractivity contribution in [2.45, 2.75) is 20.3 Å². The first-order valence-electron chi connectivity index (χ1n) is 7.57. The predicted octanol–water partition coefficient (Wildman–Crippen LogP) is 3.03. The quantitative estimate of drug-likeness (QED) is 0.749. The van der Waals surface area contributed by atoms with Gasteiger partial charge in [-0.1, -0.05) is 37.0 Å². The van der Waals surface area contributed by atoms with E-state index in [0.29, 0.717) is 28.8 Å². The average Bonchev–Trinajstić information content (AvgIpc) is 2.50. The third-order valence-electron chi connectivity index (χ3n) is 3.27. The van der Waals surface area contributed by atoms with Crippen molar-refractivity contribution in [1.29, 1.82) is 0 Å². The lowest BCUT2D eigenvalue weighted by Gasteiger charge is -2.25. The predicted molar refractivity (Wildman–Crippen MR) is 95.1 cm³/mol. The third kappa shape index (κ3) is 6.37. The minimum Gasteiger partial charge on any atom is -0.333 e. The van der Waals surface area contributed by atoms with Crippen molar-refractivity contribution in [2.24, 2.45) is 5.92 Å². The minimum atomic E-state index is -0.298. The standard InChI is InChI=1S/C16H23Cl2N3O2/c1-4-7-21(16(23)11(2)9-19-3)10-15(22)20-14-8-12(17)5-6-13(14)18/h5-6,8,11,19H,4,7,9-10H2,1-3H3,(H,20,22). The highest BCUT2D eigenvalue weighted by Crippen LogP contribution is 2.25. The Kier molecular flexibility index (Phi) is 8.37. The second-order valence-corrected chi connectivity index (χ2v) is 6.23. The average molecular weight is 360 g/mol. The molecule has 2 amide bonds. The van der Waals surface area contributed by atoms with Gasteiger partial charge in [0.25, 0.3) is 0 Å². The molecule has 1 aromatic rings. The Labute approximate surface area is 147 Å². The molecule has 1 aromatic carbocycles. The van der Waals surface area contributed by atoms with Crippen LogP contribution in [0.25, 0.3) is 0 Å². The molecule has 0 fully saturated rings. The first-order chi connectivity index (χ1) is 10.9. The van der Waals surface area contributed by atoms with Gasteiger partial charge in [0, 0.05) is 24.0 Å². The molecule has 0 aliphatic carbocycles. The first-order valence-corrected chi connectivity index (χ1v) is 8.32. The van der Waals surface area contributed by atoms with Gasteiger partial charge in [-0.15, -0.1) is 0 Å². The Morgan fingerprint density at radius 1 is 1.30 bits per heavy atom. The summed E-state index contributed by atoms with van der Waals surface area (Å²) in [6, 6.07) is 4.84. The number of benzene rings is 1. The van der Waals surface area contributed by atoms with Crippen molar-refractivity contribution in [2.75, 3.05) is 32.0 Å². The number of nitrogens with one attached hydrogen (secondary N) is 2. The van der Waals surface area contributed by atoms with E-state index in [1.807, 2.05) is 13.8 Å². The minimum absolute atomic E-state index is 0.0103. The summed E-state index contributed by atoms with van der Waals surface area (Å²) >= 11 is 11.9. The van der Waals surface area contributed by atoms with E-state index in [1.54, 1.807) is 30.1 Å². The van der Waals surface area contributed by atoms with E-state index < -0.39 is 0 Å². The van der Waals surface area contributed by atoms with E-state index in [9.17, 15) is 9.59 Å². The molecule has 128 valence electrons. The van der Waals surface area contributed by atoms with E-state index in [2.05, 4.69) is 10.6 Å². The summed E-state index contributed by atoms with van der Waals surface area (Å²) in [5, 5.41) is 6.56. The maximum atomic E-state index is 12.4. The van der Waals surface area contributed by atoms with E-state index in [4.69, 9.17) is 23.2 Å². The van der Waals surface area contributed by atoms with E-state index in [-0.39, 0.29) is 24.3 Å². The molecule has 7 heteroatoms. The molecule has 0 saturated heterocycles. The topological polar surface area (TPSA) is 61.4 Å². The highest BCUT2D eigenvalue weighted by Gasteiger charge is 2.21. The van der Waals surface area contributed by atoms with Gasteiger partial charge >= 0.3 is 0 Å². The zero-order valence-corrected chi connectivity index (χ0v) is 15.2. The maximum Gasteiger partial charge on any atom is 0.244 e. The zero-order chi connectivity index (χ0) is 17.4. The van der Waals surface area contributed by atoms with Gasteiger partial charge in [-0.2, -0.15) is 0 Å². The Hall–Kier alpha value is -1.30. The summed E-state index contributed by atoms with van der Waals surface area (Å²) < 4.78 is 0. The molecule has 0 aliphatic heterocycles. The van der Waals surface area contributed by atoms with Crippen LogP contribution in [0.15, 0.2) is 18.2 Å². The molecule has 1 atom stereocenters. The van der Waals surface area contributed by atoms with Crippen LogP contribution in [0.5, 0.6) is 0 Å². The number of rotatable bonds is 8. The molecule has 0 aromatic heterocycles. The summed E-state index contributed by atoms with van der Waals surface area (Å²) in [6.07, 6.45) is 0.781. The first kappa shape index (κ1) is 19.7. The van der Waals surface area contributed by atoms with Crippen LogP contribution in [0.2, 0.25) is 10.0 Å². The van der Waals surface area contributed by atoms with Crippen LogP contribution in [-0.2, 0) is 9.59 Å². The van der Waals surface area contributed by atoms with Crippen molar-refractivity contribution in [3.05, 3.63) is 28.2 Å². The fourth-order valence-electron chi connectivity index (χ4n) is 2.20.